The van der Waals surface area contributed by atoms with E-state index in [0.29, 0.717) is 0 Å². The van der Waals surface area contributed by atoms with Crippen LogP contribution >= 0.6 is 0 Å². The third-order valence-corrected chi connectivity index (χ3v) is 2.04. The van der Waals surface area contributed by atoms with Crippen LogP contribution in [0.5, 0.6) is 0 Å². The molecule has 0 fully saturated rings. The van der Waals surface area contributed by atoms with Gasteiger partial charge >= 0.3 is 0 Å². The Bertz CT molecular complexity index is 445. The summed E-state index contributed by atoms with van der Waals surface area (Å²) >= 11 is 0. The van der Waals surface area contributed by atoms with Gasteiger partial charge in [0.1, 0.15) is 0 Å². The molecule has 0 spiro atoms. The molecular weight excluding hydrogens is 162 g/mol. The van der Waals surface area contributed by atoms with Gasteiger partial charge in [-0.2, -0.15) is 0 Å². The molecule has 0 atom stereocenters. The van der Waals surface area contributed by atoms with Gasteiger partial charge in [-0.15, -0.1) is 0 Å². The monoisotopic (exact) mass is 173 g/mol. The second-order valence-corrected chi connectivity index (χ2v) is 2.93. The summed E-state index contributed by atoms with van der Waals surface area (Å²) < 4.78 is 0. The van der Waals surface area contributed by atoms with Gasteiger partial charge in [-0.25, -0.2) is 0 Å². The number of benzene rings is 1. The van der Waals surface area contributed by atoms with Crippen molar-refractivity contribution in [2.75, 3.05) is 6.61 Å². The Hall–Kier alpha value is -1.54. The lowest BCUT2D eigenvalue weighted by molar-refractivity contribution is 0.326. The standard InChI is InChI=1S/C11H11NO/c13-8-11-6-5-9-3-1-2-4-10(9)7-12-11/h1-7,12-13H,8H2. The SMILES string of the molecule is OCC1=CC=c2ccccc2=CN1. The van der Waals surface area contributed by atoms with Gasteiger partial charge in [-0.1, -0.05) is 30.3 Å². The Morgan fingerprint density at radius 3 is 2.62 bits per heavy atom. The molecule has 0 saturated heterocycles. The minimum atomic E-state index is 0.0426. The smallest absolute Gasteiger partial charge is 0.0830 e. The molecule has 2 N–H and O–H groups in total. The van der Waals surface area contributed by atoms with Crippen molar-refractivity contribution in [2.24, 2.45) is 0 Å². The highest BCUT2D eigenvalue weighted by Gasteiger charge is 1.93. The first-order valence-electron chi connectivity index (χ1n) is 4.24. The van der Waals surface area contributed by atoms with Crippen molar-refractivity contribution in [1.29, 1.82) is 0 Å². The quantitative estimate of drug-likeness (QED) is 0.610. The fourth-order valence-electron chi connectivity index (χ4n) is 1.30. The van der Waals surface area contributed by atoms with Crippen LogP contribution in [0.25, 0.3) is 12.3 Å². The molecule has 0 aromatic heterocycles. The molecule has 2 heteroatoms. The Labute approximate surface area is 76.5 Å². The van der Waals surface area contributed by atoms with Crippen LogP contribution < -0.4 is 15.8 Å². The van der Waals surface area contributed by atoms with E-state index in [9.17, 15) is 0 Å². The van der Waals surface area contributed by atoms with Crippen LogP contribution in [-0.4, -0.2) is 11.7 Å². The van der Waals surface area contributed by atoms with E-state index in [2.05, 4.69) is 5.32 Å². The number of fused-ring (bicyclic) bond motifs is 1. The van der Waals surface area contributed by atoms with Crippen LogP contribution in [0.1, 0.15) is 0 Å². The molecular formula is C11H11NO. The maximum Gasteiger partial charge on any atom is 0.0830 e. The van der Waals surface area contributed by atoms with Gasteiger partial charge in [0, 0.05) is 11.9 Å². The zero-order valence-electron chi connectivity index (χ0n) is 7.20. The summed E-state index contributed by atoms with van der Waals surface area (Å²) in [5.74, 6) is 0. The Balaban J connectivity index is 2.58. The van der Waals surface area contributed by atoms with Crippen molar-refractivity contribution < 1.29 is 5.11 Å². The molecule has 1 aliphatic heterocycles. The molecule has 2 nitrogen and oxygen atoms in total. The molecule has 1 aromatic rings. The summed E-state index contributed by atoms with van der Waals surface area (Å²) in [7, 11) is 0. The van der Waals surface area contributed by atoms with Gasteiger partial charge in [0.15, 0.2) is 0 Å². The number of rotatable bonds is 1. The van der Waals surface area contributed by atoms with Crippen molar-refractivity contribution >= 4 is 12.3 Å². The molecule has 1 aromatic carbocycles. The largest absolute Gasteiger partial charge is 0.390 e. The fourth-order valence-corrected chi connectivity index (χ4v) is 1.30. The lowest BCUT2D eigenvalue weighted by atomic mass is 10.2. The molecule has 2 rings (SSSR count). The molecule has 13 heavy (non-hydrogen) atoms. The van der Waals surface area contributed by atoms with Crippen LogP contribution in [0.4, 0.5) is 0 Å². The predicted octanol–water partition coefficient (Wildman–Crippen LogP) is -0.315. The van der Waals surface area contributed by atoms with Gasteiger partial charge in [-0.05, 0) is 16.5 Å². The summed E-state index contributed by atoms with van der Waals surface area (Å²) in [4.78, 5) is 0. The van der Waals surface area contributed by atoms with E-state index in [1.54, 1.807) is 0 Å². The van der Waals surface area contributed by atoms with Crippen molar-refractivity contribution in [3.8, 4) is 0 Å². The van der Waals surface area contributed by atoms with E-state index in [0.717, 1.165) is 10.9 Å². The number of nitrogens with one attached hydrogen (secondary N) is 1. The molecule has 1 aliphatic rings. The minimum absolute atomic E-state index is 0.0426. The normalized spacial score (nSPS) is 14.1. The fraction of sp³-hybridized carbons (Fsp3) is 0.0909. The van der Waals surface area contributed by atoms with Crippen molar-refractivity contribution in [2.45, 2.75) is 0 Å². The average molecular weight is 173 g/mol. The number of aliphatic hydroxyl groups is 1. The van der Waals surface area contributed by atoms with E-state index in [4.69, 9.17) is 5.11 Å². The number of hydrogen-bond acceptors (Lipinski definition) is 2. The molecule has 0 amide bonds. The highest BCUT2D eigenvalue weighted by molar-refractivity contribution is 5.45. The zero-order chi connectivity index (χ0) is 9.10. The molecule has 0 radical (unpaired) electrons. The van der Waals surface area contributed by atoms with Crippen LogP contribution in [0, 0.1) is 0 Å². The Morgan fingerprint density at radius 1 is 1.08 bits per heavy atom. The molecule has 66 valence electrons. The topological polar surface area (TPSA) is 32.3 Å². The van der Waals surface area contributed by atoms with Crippen LogP contribution in [0.3, 0.4) is 0 Å². The Morgan fingerprint density at radius 2 is 1.85 bits per heavy atom. The number of aliphatic hydroxyl groups excluding tert-OH is 1. The molecule has 0 bridgehead atoms. The van der Waals surface area contributed by atoms with Gasteiger partial charge in [0.25, 0.3) is 0 Å². The van der Waals surface area contributed by atoms with E-state index < -0.39 is 0 Å². The lowest BCUT2D eigenvalue weighted by Crippen LogP contribution is -2.24. The highest BCUT2D eigenvalue weighted by Crippen LogP contribution is 1.89. The van der Waals surface area contributed by atoms with Gasteiger partial charge in [0.2, 0.25) is 0 Å². The molecule has 0 unspecified atom stereocenters. The number of hydrogen-bond donors (Lipinski definition) is 2. The van der Waals surface area contributed by atoms with E-state index in [1.807, 2.05) is 42.6 Å². The summed E-state index contributed by atoms with van der Waals surface area (Å²) in [6, 6.07) is 8.08. The minimum Gasteiger partial charge on any atom is -0.390 e. The molecule has 1 heterocycles. The average Bonchev–Trinajstić information content (AvgIpc) is 2.39. The summed E-state index contributed by atoms with van der Waals surface area (Å²) in [6.07, 6.45) is 5.79. The molecule has 0 saturated carbocycles. The Kier molecular flexibility index (Phi) is 2.15. The first kappa shape index (κ1) is 8.08. The highest BCUT2D eigenvalue weighted by atomic mass is 16.3. The van der Waals surface area contributed by atoms with E-state index in [1.165, 1.54) is 5.22 Å². The summed E-state index contributed by atoms with van der Waals surface area (Å²) in [5, 5.41) is 14.3. The second kappa shape index (κ2) is 3.46. The third kappa shape index (κ3) is 1.63. The van der Waals surface area contributed by atoms with Gasteiger partial charge < -0.3 is 10.4 Å². The first-order valence-corrected chi connectivity index (χ1v) is 4.24. The second-order valence-electron chi connectivity index (χ2n) is 2.93. The zero-order valence-corrected chi connectivity index (χ0v) is 7.20. The third-order valence-electron chi connectivity index (χ3n) is 2.04. The van der Waals surface area contributed by atoms with Crippen LogP contribution in [0.2, 0.25) is 0 Å². The first-order chi connectivity index (χ1) is 6.40. The number of allylic oxidation sites excluding steroid dienone is 1. The van der Waals surface area contributed by atoms with E-state index in [-0.39, 0.29) is 6.61 Å². The summed E-state index contributed by atoms with van der Waals surface area (Å²) in [6.45, 7) is 0.0426. The van der Waals surface area contributed by atoms with E-state index >= 15 is 0 Å². The van der Waals surface area contributed by atoms with Gasteiger partial charge in [0.05, 0.1) is 6.61 Å². The van der Waals surface area contributed by atoms with Crippen LogP contribution in [-0.2, 0) is 0 Å². The van der Waals surface area contributed by atoms with Crippen molar-refractivity contribution in [3.05, 3.63) is 46.5 Å². The summed E-state index contributed by atoms with van der Waals surface area (Å²) in [5.41, 5.74) is 0.816. The van der Waals surface area contributed by atoms with Crippen LogP contribution in [0.15, 0.2) is 36.0 Å². The lowest BCUT2D eigenvalue weighted by Gasteiger charge is -1.98. The van der Waals surface area contributed by atoms with Crippen molar-refractivity contribution in [1.82, 2.24) is 5.32 Å². The van der Waals surface area contributed by atoms with Crippen molar-refractivity contribution in [3.63, 3.8) is 0 Å². The molecule has 0 aliphatic carbocycles. The van der Waals surface area contributed by atoms with Gasteiger partial charge in [-0.3, -0.25) is 0 Å². The maximum absolute atomic E-state index is 8.92. The maximum atomic E-state index is 8.92. The predicted molar refractivity (Wildman–Crippen MR) is 52.9 cm³/mol.